The van der Waals surface area contributed by atoms with Crippen LogP contribution in [0.25, 0.3) is 0 Å². The van der Waals surface area contributed by atoms with Crippen molar-refractivity contribution < 1.29 is 27.4 Å². The average Bonchev–Trinajstić information content (AvgIpc) is 2.73. The Morgan fingerprint density at radius 3 is 2.34 bits per heavy atom. The molecule has 8 nitrogen and oxygen atoms in total. The summed E-state index contributed by atoms with van der Waals surface area (Å²) in [5.74, 6) is 1.14. The van der Waals surface area contributed by atoms with Crippen LogP contribution in [-0.4, -0.2) is 42.2 Å². The summed E-state index contributed by atoms with van der Waals surface area (Å²) in [4.78, 5) is 13.9. The molecule has 0 aromatic heterocycles. The third-order valence-electron chi connectivity index (χ3n) is 4.71. The maximum atomic E-state index is 12.9. The van der Waals surface area contributed by atoms with E-state index in [1.807, 2.05) is 0 Å². The lowest BCUT2D eigenvalue weighted by atomic mass is 10.1. The number of hydrogen-bond acceptors (Lipinski definition) is 6. The number of methoxy groups -OCH3 is 3. The summed E-state index contributed by atoms with van der Waals surface area (Å²) in [7, 11) is 0.455. The van der Waals surface area contributed by atoms with E-state index in [4.69, 9.17) is 14.2 Å². The van der Waals surface area contributed by atoms with Crippen molar-refractivity contribution in [3.8, 4) is 17.2 Å². The van der Waals surface area contributed by atoms with Gasteiger partial charge in [-0.2, -0.15) is 0 Å². The minimum atomic E-state index is -3.94. The maximum absolute atomic E-state index is 12.9. The fourth-order valence-corrected chi connectivity index (χ4v) is 4.43. The van der Waals surface area contributed by atoms with Gasteiger partial charge in [-0.15, -0.1) is 0 Å². The number of amides is 1. The number of piperidine rings is 1. The molecule has 1 fully saturated rings. The summed E-state index contributed by atoms with van der Waals surface area (Å²) in [5.41, 5.74) is 0.858. The zero-order chi connectivity index (χ0) is 21.0. The van der Waals surface area contributed by atoms with Crippen molar-refractivity contribution in [3.63, 3.8) is 0 Å². The molecule has 3 rings (SSSR count). The van der Waals surface area contributed by atoms with Crippen LogP contribution < -0.4 is 23.8 Å². The molecule has 156 valence electrons. The van der Waals surface area contributed by atoms with E-state index < -0.39 is 10.0 Å². The molecule has 2 aromatic carbocycles. The Morgan fingerprint density at radius 1 is 0.931 bits per heavy atom. The normalized spacial score (nSPS) is 14.4. The van der Waals surface area contributed by atoms with Crippen LogP contribution in [0.4, 0.5) is 11.4 Å². The quantitative estimate of drug-likeness (QED) is 0.740. The molecule has 0 atom stereocenters. The Morgan fingerprint density at radius 2 is 1.69 bits per heavy atom. The van der Waals surface area contributed by atoms with Crippen LogP contribution in [0.15, 0.2) is 41.3 Å². The lowest BCUT2D eigenvalue weighted by Crippen LogP contribution is -2.35. The topological polar surface area (TPSA) is 94.2 Å². The second-order valence-electron chi connectivity index (χ2n) is 6.51. The Labute approximate surface area is 170 Å². The van der Waals surface area contributed by atoms with Crippen molar-refractivity contribution >= 4 is 27.3 Å². The molecule has 1 aliphatic rings. The number of anilines is 2. The van der Waals surface area contributed by atoms with Gasteiger partial charge in [-0.25, -0.2) is 8.42 Å². The van der Waals surface area contributed by atoms with Crippen molar-refractivity contribution in [2.75, 3.05) is 37.5 Å². The number of ether oxygens (including phenoxy) is 3. The van der Waals surface area contributed by atoms with Gasteiger partial charge in [0.25, 0.3) is 10.0 Å². The van der Waals surface area contributed by atoms with Crippen LogP contribution >= 0.6 is 0 Å². The van der Waals surface area contributed by atoms with E-state index in [0.717, 1.165) is 12.8 Å². The number of sulfonamides is 1. The minimum absolute atomic E-state index is 0.00798. The van der Waals surface area contributed by atoms with Crippen molar-refractivity contribution in [3.05, 3.63) is 36.4 Å². The monoisotopic (exact) mass is 420 g/mol. The summed E-state index contributed by atoms with van der Waals surface area (Å²) in [6, 6.07) is 9.29. The minimum Gasteiger partial charge on any atom is -0.497 e. The first-order valence-corrected chi connectivity index (χ1v) is 10.6. The van der Waals surface area contributed by atoms with Crippen molar-refractivity contribution in [1.82, 2.24) is 0 Å². The zero-order valence-corrected chi connectivity index (χ0v) is 17.4. The lowest BCUT2D eigenvalue weighted by Gasteiger charge is -2.28. The van der Waals surface area contributed by atoms with Gasteiger partial charge in [-0.3, -0.25) is 9.52 Å². The number of carbonyl (C=O) groups excluding carboxylic acids is 1. The number of nitrogens with one attached hydrogen (secondary N) is 1. The van der Waals surface area contributed by atoms with Crippen LogP contribution in [0.1, 0.15) is 19.3 Å². The molecule has 0 saturated carbocycles. The first-order valence-electron chi connectivity index (χ1n) is 9.13. The summed E-state index contributed by atoms with van der Waals surface area (Å²) in [6.07, 6.45) is 2.19. The zero-order valence-electron chi connectivity index (χ0n) is 16.6. The third kappa shape index (κ3) is 4.40. The number of rotatable bonds is 7. The van der Waals surface area contributed by atoms with Gasteiger partial charge >= 0.3 is 0 Å². The van der Waals surface area contributed by atoms with Gasteiger partial charge in [0.15, 0.2) is 0 Å². The van der Waals surface area contributed by atoms with Gasteiger partial charge in [0, 0.05) is 19.0 Å². The number of hydrogen-bond donors (Lipinski definition) is 1. The molecule has 0 unspecified atom stereocenters. The smallest absolute Gasteiger partial charge is 0.265 e. The molecule has 0 bridgehead atoms. The van der Waals surface area contributed by atoms with E-state index in [2.05, 4.69) is 4.72 Å². The van der Waals surface area contributed by atoms with E-state index >= 15 is 0 Å². The van der Waals surface area contributed by atoms with E-state index in [0.29, 0.717) is 35.8 Å². The van der Waals surface area contributed by atoms with E-state index in [1.165, 1.54) is 33.5 Å². The van der Waals surface area contributed by atoms with Gasteiger partial charge in [0.05, 0.1) is 32.7 Å². The molecule has 1 saturated heterocycles. The van der Waals surface area contributed by atoms with Crippen LogP contribution in [0.5, 0.6) is 17.2 Å². The summed E-state index contributed by atoms with van der Waals surface area (Å²) < 4.78 is 44.1. The molecule has 2 aromatic rings. The van der Waals surface area contributed by atoms with Crippen LogP contribution in [0, 0.1) is 0 Å². The fraction of sp³-hybridized carbons (Fsp3) is 0.350. The standard InChI is InChI=1S/C20H24N2O6S/c1-26-15-8-10-19(18(13-15)28-3)29(24,25)21-14-7-9-17(27-2)16(12-14)22-11-5-4-6-20(22)23/h7-10,12-13,21H,4-6,11H2,1-3H3. The van der Waals surface area contributed by atoms with E-state index in [9.17, 15) is 13.2 Å². The second kappa shape index (κ2) is 8.60. The van der Waals surface area contributed by atoms with Crippen molar-refractivity contribution in [2.45, 2.75) is 24.2 Å². The van der Waals surface area contributed by atoms with Gasteiger partial charge in [0.2, 0.25) is 5.91 Å². The Bertz CT molecular complexity index is 1010. The number of benzene rings is 2. The highest BCUT2D eigenvalue weighted by atomic mass is 32.2. The van der Waals surface area contributed by atoms with Crippen LogP contribution in [-0.2, 0) is 14.8 Å². The number of nitrogens with zero attached hydrogens (tertiary/aromatic N) is 1. The fourth-order valence-electron chi connectivity index (χ4n) is 3.23. The largest absolute Gasteiger partial charge is 0.497 e. The van der Waals surface area contributed by atoms with Crippen molar-refractivity contribution in [1.29, 1.82) is 0 Å². The van der Waals surface area contributed by atoms with E-state index in [1.54, 1.807) is 29.2 Å². The Balaban J connectivity index is 1.95. The molecule has 1 N–H and O–H groups in total. The van der Waals surface area contributed by atoms with Crippen LogP contribution in [0.3, 0.4) is 0 Å². The third-order valence-corrected chi connectivity index (χ3v) is 6.13. The first-order chi connectivity index (χ1) is 13.9. The predicted molar refractivity (Wildman–Crippen MR) is 110 cm³/mol. The van der Waals surface area contributed by atoms with E-state index in [-0.39, 0.29) is 16.6 Å². The summed E-state index contributed by atoms with van der Waals surface area (Å²) in [5, 5.41) is 0. The van der Waals surface area contributed by atoms with Gasteiger partial charge in [0.1, 0.15) is 22.1 Å². The molecule has 0 radical (unpaired) electrons. The SMILES string of the molecule is COc1ccc(S(=O)(=O)Nc2ccc(OC)c(N3CCCCC3=O)c2)c(OC)c1. The molecule has 0 aliphatic carbocycles. The average molecular weight is 420 g/mol. The van der Waals surface area contributed by atoms with Gasteiger partial charge < -0.3 is 19.1 Å². The molecule has 1 aliphatic heterocycles. The van der Waals surface area contributed by atoms with Gasteiger partial charge in [-0.05, 0) is 43.2 Å². The maximum Gasteiger partial charge on any atom is 0.265 e. The number of carbonyl (C=O) groups is 1. The lowest BCUT2D eigenvalue weighted by molar-refractivity contribution is -0.119. The Hall–Kier alpha value is -2.94. The molecule has 1 amide bonds. The molecular weight excluding hydrogens is 396 g/mol. The highest BCUT2D eigenvalue weighted by Gasteiger charge is 2.25. The summed E-state index contributed by atoms with van der Waals surface area (Å²) >= 11 is 0. The Kier molecular flexibility index (Phi) is 6.17. The predicted octanol–water partition coefficient (Wildman–Crippen LogP) is 3.03. The van der Waals surface area contributed by atoms with Crippen molar-refractivity contribution in [2.24, 2.45) is 0 Å². The molecule has 0 spiro atoms. The highest BCUT2D eigenvalue weighted by Crippen LogP contribution is 2.35. The van der Waals surface area contributed by atoms with Gasteiger partial charge in [-0.1, -0.05) is 0 Å². The molecule has 29 heavy (non-hydrogen) atoms. The summed E-state index contributed by atoms with van der Waals surface area (Å²) in [6.45, 7) is 0.567. The second-order valence-corrected chi connectivity index (χ2v) is 8.16. The molecule has 9 heteroatoms. The van der Waals surface area contributed by atoms with Crippen LogP contribution in [0.2, 0.25) is 0 Å². The molecule has 1 heterocycles. The first kappa shape index (κ1) is 20.8. The highest BCUT2D eigenvalue weighted by molar-refractivity contribution is 7.92. The molecular formula is C20H24N2O6S.